The van der Waals surface area contributed by atoms with E-state index in [1.54, 1.807) is 48.1 Å². The number of aryl methyl sites for hydroxylation is 1. The molecular weight excluding hydrogens is 757 g/mol. The molecule has 13 nitrogen and oxygen atoms in total. The van der Waals surface area contributed by atoms with Gasteiger partial charge in [0.1, 0.15) is 11.5 Å². The molecule has 15 heteroatoms. The van der Waals surface area contributed by atoms with Gasteiger partial charge in [0.05, 0.1) is 5.52 Å². The Morgan fingerprint density at radius 3 is 2.37 bits per heavy atom. The van der Waals surface area contributed by atoms with Crippen molar-refractivity contribution in [1.82, 2.24) is 34.8 Å². The van der Waals surface area contributed by atoms with E-state index < -0.39 is 11.8 Å². The number of anilines is 2. The van der Waals surface area contributed by atoms with Crippen molar-refractivity contribution in [3.63, 3.8) is 0 Å². The van der Waals surface area contributed by atoms with Gasteiger partial charge in [-0.05, 0) is 77.6 Å². The number of nitrogens with one attached hydrogen (secondary N) is 2. The minimum Gasteiger partial charge on any atom is -0.369 e. The number of H-pyrrole nitrogens is 1. The minimum absolute atomic E-state index is 0.0197. The Kier molecular flexibility index (Phi) is 11.3. The number of benzene rings is 3. The zero-order valence-electron chi connectivity index (χ0n) is 33.2. The molecule has 0 saturated carbocycles. The highest BCUT2D eigenvalue weighted by atomic mass is 19.1. The maximum atomic E-state index is 16.5. The van der Waals surface area contributed by atoms with Crippen LogP contribution in [0, 0.1) is 11.6 Å². The normalized spacial score (nSPS) is 16.4. The highest BCUT2D eigenvalue weighted by molar-refractivity contribution is 6.06. The largest absolute Gasteiger partial charge is 0.369 e. The van der Waals surface area contributed by atoms with E-state index in [0.29, 0.717) is 61.1 Å². The Hall–Kier alpha value is -6.35. The molecule has 0 unspecified atom stereocenters. The van der Waals surface area contributed by atoms with Crippen LogP contribution in [0.2, 0.25) is 0 Å². The molecule has 3 aromatic carbocycles. The van der Waals surface area contributed by atoms with Gasteiger partial charge in [0, 0.05) is 121 Å². The molecule has 5 amide bonds. The van der Waals surface area contributed by atoms with Crippen LogP contribution in [0.25, 0.3) is 27.6 Å². The minimum atomic E-state index is -0.538. The Bertz CT molecular complexity index is 2420. The number of hydrogen-bond donors (Lipinski definition) is 2. The van der Waals surface area contributed by atoms with Gasteiger partial charge in [0.25, 0.3) is 5.91 Å². The first-order valence-corrected chi connectivity index (χ1v) is 20.0. The van der Waals surface area contributed by atoms with Crippen molar-refractivity contribution in [2.75, 3.05) is 76.3 Å². The van der Waals surface area contributed by atoms with Crippen LogP contribution >= 0.6 is 0 Å². The van der Waals surface area contributed by atoms with Crippen LogP contribution in [-0.4, -0.2) is 120 Å². The lowest BCUT2D eigenvalue weighted by molar-refractivity contribution is -0.131. The summed E-state index contributed by atoms with van der Waals surface area (Å²) in [5, 5.41) is 7.06. The summed E-state index contributed by atoms with van der Waals surface area (Å²) in [4.78, 5) is 62.3. The summed E-state index contributed by atoms with van der Waals surface area (Å²) in [6.45, 7) is 5.38. The Morgan fingerprint density at radius 2 is 1.66 bits per heavy atom. The third-order valence-electron chi connectivity index (χ3n) is 11.5. The lowest BCUT2D eigenvalue weighted by Crippen LogP contribution is -2.49. The third-order valence-corrected chi connectivity index (χ3v) is 11.5. The average Bonchev–Trinajstić information content (AvgIpc) is 3.94. The summed E-state index contributed by atoms with van der Waals surface area (Å²) in [5.41, 5.74) is 5.34. The molecule has 2 saturated heterocycles. The number of aromatic amines is 1. The van der Waals surface area contributed by atoms with E-state index in [1.165, 1.54) is 15.9 Å². The van der Waals surface area contributed by atoms with E-state index in [1.807, 2.05) is 36.5 Å². The predicted molar refractivity (Wildman–Crippen MR) is 222 cm³/mol. The van der Waals surface area contributed by atoms with Crippen LogP contribution < -0.4 is 15.1 Å². The van der Waals surface area contributed by atoms with Crippen molar-refractivity contribution in [2.24, 2.45) is 0 Å². The van der Waals surface area contributed by atoms with E-state index in [-0.39, 0.29) is 54.3 Å². The second-order valence-electron chi connectivity index (χ2n) is 15.5. The van der Waals surface area contributed by atoms with Gasteiger partial charge in [-0.2, -0.15) is 5.10 Å². The Morgan fingerprint density at radius 1 is 0.881 bits per heavy atom. The first kappa shape index (κ1) is 39.5. The summed E-state index contributed by atoms with van der Waals surface area (Å²) in [7, 11) is 3.31. The number of hydrogen-bond acceptors (Lipinski definition) is 7. The molecule has 3 aliphatic heterocycles. The van der Waals surface area contributed by atoms with Crippen LogP contribution in [0.15, 0.2) is 79.1 Å². The van der Waals surface area contributed by atoms with Crippen LogP contribution in [0.3, 0.4) is 0 Å². The van der Waals surface area contributed by atoms with E-state index in [0.717, 1.165) is 48.6 Å². The zero-order valence-corrected chi connectivity index (χ0v) is 33.2. The molecule has 306 valence electrons. The highest BCUT2D eigenvalue weighted by Gasteiger charge is 2.27. The third kappa shape index (κ3) is 8.46. The summed E-state index contributed by atoms with van der Waals surface area (Å²) in [5.74, 6) is -1.45. The lowest BCUT2D eigenvalue weighted by Gasteiger charge is -2.36. The summed E-state index contributed by atoms with van der Waals surface area (Å²) in [6.07, 6.45) is 7.09. The number of aromatic nitrogens is 3. The maximum absolute atomic E-state index is 16.5. The molecule has 2 fully saturated rings. The fourth-order valence-electron chi connectivity index (χ4n) is 8.12. The second kappa shape index (κ2) is 16.9. The van der Waals surface area contributed by atoms with Crippen molar-refractivity contribution in [3.8, 4) is 11.1 Å². The van der Waals surface area contributed by atoms with E-state index in [4.69, 9.17) is 0 Å². The molecule has 0 spiro atoms. The van der Waals surface area contributed by atoms with Crippen molar-refractivity contribution in [2.45, 2.75) is 32.2 Å². The summed E-state index contributed by atoms with van der Waals surface area (Å²) >= 11 is 0. The molecule has 2 aromatic heterocycles. The fraction of sp³-hybridized carbons (Fsp3) is 0.341. The SMILES string of the molecule is CN(C)C(=O)c1cc2c(-c3ccc(N4CCN(CCc5ccc(N6CCC(=O)NC6=O)cc5F)CC4)cc3)cc(C3=CCCN(C(=O)CCn4cccn4)C3)c(F)c2[nH]1. The first-order chi connectivity index (χ1) is 28.5. The standard InChI is InChI=1S/C44H47F2N9O4/c1-50(2)43(58)38-27-36-34(26-35(41(46)42(36)48-38)31-5-3-16-53(28-31)40(57)14-19-54-17-4-15-47-54)29-6-9-32(10-7-29)52-23-21-51(22-24-52)18-12-30-8-11-33(25-37(30)45)55-20-13-39(56)49-44(55)59/h4-11,15,17,25-27,48H,3,12-14,16,18-24,28H2,1-2H3,(H,49,56,59). The first-order valence-electron chi connectivity index (χ1n) is 20.0. The monoisotopic (exact) mass is 803 g/mol. The van der Waals surface area contributed by atoms with E-state index in [9.17, 15) is 19.2 Å². The lowest BCUT2D eigenvalue weighted by atomic mass is 9.93. The zero-order chi connectivity index (χ0) is 41.2. The molecule has 3 aliphatic rings. The van der Waals surface area contributed by atoms with Crippen molar-refractivity contribution >= 4 is 51.6 Å². The maximum Gasteiger partial charge on any atom is 0.328 e. The average molecular weight is 804 g/mol. The smallest absolute Gasteiger partial charge is 0.328 e. The number of amides is 5. The van der Waals surface area contributed by atoms with Crippen LogP contribution in [0.1, 0.15) is 40.9 Å². The van der Waals surface area contributed by atoms with Gasteiger partial charge < -0.3 is 19.7 Å². The molecule has 0 radical (unpaired) electrons. The summed E-state index contributed by atoms with van der Waals surface area (Å²) < 4.78 is 33.4. The quantitative estimate of drug-likeness (QED) is 0.180. The van der Waals surface area contributed by atoms with Gasteiger partial charge in [-0.25, -0.2) is 13.6 Å². The summed E-state index contributed by atoms with van der Waals surface area (Å²) in [6, 6.07) is 17.8. The number of halogens is 2. The molecule has 5 aromatic rings. The van der Waals surface area contributed by atoms with Crippen molar-refractivity contribution in [1.29, 1.82) is 0 Å². The fourth-order valence-corrected chi connectivity index (χ4v) is 8.12. The number of fused-ring (bicyclic) bond motifs is 1. The molecule has 8 rings (SSSR count). The molecule has 5 heterocycles. The van der Waals surface area contributed by atoms with Gasteiger partial charge in [-0.3, -0.25) is 34.2 Å². The van der Waals surface area contributed by atoms with Gasteiger partial charge in [-0.1, -0.05) is 24.3 Å². The number of carbonyl (C=O) groups excluding carboxylic acids is 4. The van der Waals surface area contributed by atoms with Crippen LogP contribution in [0.4, 0.5) is 25.0 Å². The van der Waals surface area contributed by atoms with Gasteiger partial charge in [-0.15, -0.1) is 0 Å². The predicted octanol–water partition coefficient (Wildman–Crippen LogP) is 5.53. The number of nitrogens with zero attached hydrogens (tertiary/aromatic N) is 7. The van der Waals surface area contributed by atoms with Gasteiger partial charge in [0.2, 0.25) is 11.8 Å². The Balaban J connectivity index is 0.950. The Labute approximate surface area is 340 Å². The number of carbonyl (C=O) groups is 4. The molecule has 0 aliphatic carbocycles. The van der Waals surface area contributed by atoms with Gasteiger partial charge >= 0.3 is 6.03 Å². The van der Waals surface area contributed by atoms with Crippen LogP contribution in [-0.2, 0) is 22.6 Å². The van der Waals surface area contributed by atoms with Gasteiger partial charge in [0.15, 0.2) is 5.82 Å². The molecule has 0 atom stereocenters. The molecule has 2 N–H and O–H groups in total. The second-order valence-corrected chi connectivity index (χ2v) is 15.5. The number of urea groups is 1. The number of imide groups is 1. The van der Waals surface area contributed by atoms with Crippen molar-refractivity contribution in [3.05, 3.63) is 108 Å². The molecule has 59 heavy (non-hydrogen) atoms. The molecular formula is C44H47F2N9O4. The number of piperazine rings is 1. The number of rotatable bonds is 11. The topological polar surface area (TPSA) is 130 Å². The van der Waals surface area contributed by atoms with Crippen molar-refractivity contribution < 1.29 is 28.0 Å². The molecule has 0 bridgehead atoms. The van der Waals surface area contributed by atoms with E-state index in [2.05, 4.69) is 37.3 Å². The highest BCUT2D eigenvalue weighted by Crippen LogP contribution is 2.38. The van der Waals surface area contributed by atoms with Crippen LogP contribution in [0.5, 0.6) is 0 Å². The van der Waals surface area contributed by atoms with E-state index >= 15 is 8.78 Å².